The van der Waals surface area contributed by atoms with Crippen molar-refractivity contribution in [1.29, 1.82) is 0 Å². The van der Waals surface area contributed by atoms with Gasteiger partial charge in [0.1, 0.15) is 5.78 Å². The largest absolute Gasteiger partial charge is 0.300 e. The summed E-state index contributed by atoms with van der Waals surface area (Å²) in [4.78, 5) is 10.4. The molecule has 1 rings (SSSR count). The quantitative estimate of drug-likeness (QED) is 0.463. The summed E-state index contributed by atoms with van der Waals surface area (Å²) in [5.41, 5.74) is 0.517. The number of rotatable bonds is 7. The third-order valence-corrected chi connectivity index (χ3v) is 4.65. The van der Waals surface area contributed by atoms with Crippen LogP contribution in [0.25, 0.3) is 0 Å². The summed E-state index contributed by atoms with van der Waals surface area (Å²) < 4.78 is 0. The standard InChI is InChI=1S/C9H20.C8H16O.C4H4S/c1-6-8(7-2)9(3,4)5;1-3-4-5-6-7-8(2)9;1-2-4-5-3-1/h8H,6-7H2,1-5H3;3-7H2,1-2H3;1-4H. The van der Waals surface area contributed by atoms with Crippen molar-refractivity contribution in [3.8, 4) is 0 Å². The summed E-state index contributed by atoms with van der Waals surface area (Å²) in [6, 6.07) is 4.04. The number of carbonyl (C=O) groups excluding carboxylic acids is 1. The van der Waals surface area contributed by atoms with Gasteiger partial charge in [-0.2, -0.15) is 11.3 Å². The average Bonchev–Trinajstić information content (AvgIpc) is 3.03. The average molecular weight is 341 g/mol. The van der Waals surface area contributed by atoms with Crippen LogP contribution in [0.4, 0.5) is 0 Å². The molecule has 0 radical (unpaired) electrons. The van der Waals surface area contributed by atoms with E-state index in [1.165, 1.54) is 32.1 Å². The first kappa shape index (κ1) is 24.6. The summed E-state index contributed by atoms with van der Waals surface area (Å²) in [6.45, 7) is 15.4. The van der Waals surface area contributed by atoms with Crippen LogP contribution in [0.15, 0.2) is 22.9 Å². The molecule has 0 unspecified atom stereocenters. The topological polar surface area (TPSA) is 17.1 Å². The lowest BCUT2D eigenvalue weighted by atomic mass is 9.78. The van der Waals surface area contributed by atoms with Crippen LogP contribution in [0.2, 0.25) is 0 Å². The predicted octanol–water partition coefficient (Wildman–Crippen LogP) is 7.76. The summed E-state index contributed by atoms with van der Waals surface area (Å²) in [7, 11) is 0. The molecular formula is C21H40OS. The molecule has 1 heterocycles. The van der Waals surface area contributed by atoms with E-state index in [9.17, 15) is 4.79 Å². The molecule has 0 atom stereocenters. The Morgan fingerprint density at radius 1 is 0.957 bits per heavy atom. The first-order valence-electron chi connectivity index (χ1n) is 9.26. The van der Waals surface area contributed by atoms with E-state index >= 15 is 0 Å². The summed E-state index contributed by atoms with van der Waals surface area (Å²) in [5, 5.41) is 4.08. The van der Waals surface area contributed by atoms with Gasteiger partial charge in [-0.15, -0.1) is 0 Å². The fraction of sp³-hybridized carbons (Fsp3) is 0.762. The van der Waals surface area contributed by atoms with Gasteiger partial charge in [-0.05, 0) is 35.4 Å². The summed E-state index contributed by atoms with van der Waals surface area (Å²) in [6.07, 6.45) is 8.24. The van der Waals surface area contributed by atoms with Gasteiger partial charge in [-0.1, -0.05) is 85.8 Å². The Labute approximate surface area is 149 Å². The van der Waals surface area contributed by atoms with E-state index in [1.807, 2.05) is 22.9 Å². The van der Waals surface area contributed by atoms with Gasteiger partial charge in [0.2, 0.25) is 0 Å². The molecule has 1 aromatic heterocycles. The van der Waals surface area contributed by atoms with Crippen molar-refractivity contribution in [1.82, 2.24) is 0 Å². The third-order valence-electron chi connectivity index (χ3n) is 4.02. The number of hydrogen-bond acceptors (Lipinski definition) is 2. The molecule has 0 aliphatic rings. The smallest absolute Gasteiger partial charge is 0.129 e. The predicted molar refractivity (Wildman–Crippen MR) is 107 cm³/mol. The van der Waals surface area contributed by atoms with Crippen LogP contribution in [-0.4, -0.2) is 5.78 Å². The summed E-state index contributed by atoms with van der Waals surface area (Å²) >= 11 is 1.71. The van der Waals surface area contributed by atoms with Gasteiger partial charge in [-0.3, -0.25) is 0 Å². The van der Waals surface area contributed by atoms with Crippen LogP contribution in [0.1, 0.15) is 93.4 Å². The number of thiophene rings is 1. The van der Waals surface area contributed by atoms with Gasteiger partial charge >= 0.3 is 0 Å². The molecule has 136 valence electrons. The molecule has 0 amide bonds. The second-order valence-electron chi connectivity index (χ2n) is 7.19. The Morgan fingerprint density at radius 3 is 1.70 bits per heavy atom. The number of Topliss-reactive ketones (excluding diaryl/α,β-unsaturated/α-hetero) is 1. The van der Waals surface area contributed by atoms with Crippen molar-refractivity contribution in [3.63, 3.8) is 0 Å². The lowest BCUT2D eigenvalue weighted by Gasteiger charge is -2.28. The fourth-order valence-electron chi connectivity index (χ4n) is 2.54. The molecule has 0 saturated carbocycles. The minimum absolute atomic E-state index is 0.325. The van der Waals surface area contributed by atoms with Gasteiger partial charge in [0.25, 0.3) is 0 Å². The van der Waals surface area contributed by atoms with E-state index in [2.05, 4.69) is 41.5 Å². The molecule has 0 aliphatic carbocycles. The van der Waals surface area contributed by atoms with E-state index in [0.29, 0.717) is 11.2 Å². The monoisotopic (exact) mass is 340 g/mol. The number of unbranched alkanes of at least 4 members (excludes halogenated alkanes) is 3. The molecule has 0 bridgehead atoms. The zero-order valence-corrected chi connectivity index (χ0v) is 17.5. The van der Waals surface area contributed by atoms with Crippen LogP contribution in [0.3, 0.4) is 0 Å². The molecule has 0 fully saturated rings. The molecule has 0 saturated heterocycles. The lowest BCUT2D eigenvalue weighted by Crippen LogP contribution is -2.18. The van der Waals surface area contributed by atoms with Crippen LogP contribution < -0.4 is 0 Å². The highest BCUT2D eigenvalue weighted by atomic mass is 32.1. The molecule has 0 aliphatic heterocycles. The van der Waals surface area contributed by atoms with Crippen molar-refractivity contribution in [2.75, 3.05) is 0 Å². The van der Waals surface area contributed by atoms with Crippen LogP contribution in [0, 0.1) is 11.3 Å². The van der Waals surface area contributed by atoms with E-state index in [4.69, 9.17) is 0 Å². The van der Waals surface area contributed by atoms with Gasteiger partial charge in [0.15, 0.2) is 0 Å². The highest BCUT2D eigenvalue weighted by Crippen LogP contribution is 2.30. The number of ketones is 1. The SMILES string of the molecule is CCC(CC)C(C)(C)C.CCCCCCC(C)=O.c1ccsc1. The minimum Gasteiger partial charge on any atom is -0.300 e. The highest BCUT2D eigenvalue weighted by molar-refractivity contribution is 7.07. The lowest BCUT2D eigenvalue weighted by molar-refractivity contribution is -0.117. The minimum atomic E-state index is 0.325. The van der Waals surface area contributed by atoms with Gasteiger partial charge in [0.05, 0.1) is 0 Å². The first-order chi connectivity index (χ1) is 10.8. The van der Waals surface area contributed by atoms with E-state index in [1.54, 1.807) is 18.3 Å². The number of hydrogen-bond donors (Lipinski definition) is 0. The Balaban J connectivity index is 0. The van der Waals surface area contributed by atoms with Crippen molar-refractivity contribution in [2.24, 2.45) is 11.3 Å². The first-order valence-corrected chi connectivity index (χ1v) is 10.2. The Hall–Kier alpha value is -0.630. The van der Waals surface area contributed by atoms with Crippen molar-refractivity contribution in [3.05, 3.63) is 22.9 Å². The zero-order chi connectivity index (χ0) is 18.1. The van der Waals surface area contributed by atoms with Gasteiger partial charge in [-0.25, -0.2) is 0 Å². The van der Waals surface area contributed by atoms with Crippen LogP contribution in [-0.2, 0) is 4.79 Å². The number of carbonyl (C=O) groups is 1. The molecular weight excluding hydrogens is 300 g/mol. The fourth-order valence-corrected chi connectivity index (χ4v) is 2.99. The Morgan fingerprint density at radius 2 is 1.48 bits per heavy atom. The third kappa shape index (κ3) is 19.3. The highest BCUT2D eigenvalue weighted by Gasteiger charge is 2.20. The maximum absolute atomic E-state index is 10.4. The molecule has 23 heavy (non-hydrogen) atoms. The molecule has 2 heteroatoms. The van der Waals surface area contributed by atoms with Crippen LogP contribution >= 0.6 is 11.3 Å². The second-order valence-corrected chi connectivity index (χ2v) is 8.00. The van der Waals surface area contributed by atoms with Crippen molar-refractivity contribution < 1.29 is 4.79 Å². The van der Waals surface area contributed by atoms with Crippen molar-refractivity contribution in [2.45, 2.75) is 93.4 Å². The normalized spacial score (nSPS) is 10.4. The van der Waals surface area contributed by atoms with E-state index in [0.717, 1.165) is 18.8 Å². The molecule has 1 aromatic rings. The van der Waals surface area contributed by atoms with Gasteiger partial charge in [0, 0.05) is 6.42 Å². The maximum Gasteiger partial charge on any atom is 0.129 e. The molecule has 0 aromatic carbocycles. The van der Waals surface area contributed by atoms with Crippen LogP contribution in [0.5, 0.6) is 0 Å². The van der Waals surface area contributed by atoms with Crippen molar-refractivity contribution >= 4 is 17.1 Å². The van der Waals surface area contributed by atoms with E-state index in [-0.39, 0.29) is 0 Å². The summed E-state index contributed by atoms with van der Waals surface area (Å²) in [5.74, 6) is 1.23. The zero-order valence-electron chi connectivity index (χ0n) is 16.7. The second kappa shape index (κ2) is 16.2. The van der Waals surface area contributed by atoms with E-state index < -0.39 is 0 Å². The molecule has 1 nitrogen and oxygen atoms in total. The maximum atomic E-state index is 10.4. The molecule has 0 N–H and O–H groups in total. The Kier molecular flexibility index (Phi) is 17.4. The molecule has 0 spiro atoms. The van der Waals surface area contributed by atoms with Gasteiger partial charge < -0.3 is 4.79 Å². The Bertz CT molecular complexity index is 314.